The highest BCUT2D eigenvalue weighted by Gasteiger charge is 2.15. The number of nitrogens with one attached hydrogen (secondary N) is 1. The van der Waals surface area contributed by atoms with Gasteiger partial charge in [0.2, 0.25) is 5.13 Å². The van der Waals surface area contributed by atoms with Gasteiger partial charge >= 0.3 is 0 Å². The Morgan fingerprint density at radius 1 is 1.47 bits per heavy atom. The van der Waals surface area contributed by atoms with E-state index in [0.29, 0.717) is 17.7 Å². The summed E-state index contributed by atoms with van der Waals surface area (Å²) < 4.78 is 5.36. The molecule has 1 aromatic rings. The third kappa shape index (κ3) is 5.94. The minimum absolute atomic E-state index is 0.198. The minimum Gasteiger partial charge on any atom is -0.368 e. The lowest BCUT2D eigenvalue weighted by Gasteiger charge is -2.10. The van der Waals surface area contributed by atoms with Crippen molar-refractivity contribution in [1.82, 2.24) is 10.2 Å². The number of carbonyl (C=O) groups is 1. The number of ether oxygens (including phenoxy) is 1. The quantitative estimate of drug-likeness (QED) is 0.588. The van der Waals surface area contributed by atoms with E-state index < -0.39 is 6.10 Å². The van der Waals surface area contributed by atoms with Gasteiger partial charge in [-0.2, -0.15) is 0 Å². The summed E-state index contributed by atoms with van der Waals surface area (Å²) in [7, 11) is 0. The first-order valence-electron chi connectivity index (χ1n) is 6.38. The topological polar surface area (TPSA) is 64.1 Å². The Bertz CT molecular complexity index is 418. The van der Waals surface area contributed by atoms with E-state index in [0.717, 1.165) is 17.8 Å². The van der Waals surface area contributed by atoms with Crippen LogP contribution in [0.25, 0.3) is 0 Å². The smallest absolute Gasteiger partial charge is 0.255 e. The predicted molar refractivity (Wildman–Crippen MR) is 77.3 cm³/mol. The molecule has 1 aromatic heterocycles. The van der Waals surface area contributed by atoms with Crippen LogP contribution in [0.15, 0.2) is 12.7 Å². The summed E-state index contributed by atoms with van der Waals surface area (Å²) in [6.45, 7) is 10.0. The van der Waals surface area contributed by atoms with Crippen LogP contribution in [-0.2, 0) is 16.0 Å². The molecule has 0 fully saturated rings. The van der Waals surface area contributed by atoms with Crippen LogP contribution in [-0.4, -0.2) is 28.8 Å². The SMILES string of the molecule is C=CCCOC(C)C(=O)Nc1nnc(CC(C)C)s1. The number of aromatic nitrogens is 2. The zero-order valence-electron chi connectivity index (χ0n) is 11.7. The highest BCUT2D eigenvalue weighted by molar-refractivity contribution is 7.15. The molecule has 0 spiro atoms. The van der Waals surface area contributed by atoms with Crippen LogP contribution in [0.4, 0.5) is 5.13 Å². The van der Waals surface area contributed by atoms with E-state index in [1.807, 2.05) is 0 Å². The fourth-order valence-electron chi connectivity index (χ4n) is 1.35. The average molecular weight is 283 g/mol. The molecule has 0 aliphatic heterocycles. The van der Waals surface area contributed by atoms with Gasteiger partial charge in [-0.05, 0) is 19.3 Å². The Labute approximate surface area is 118 Å². The lowest BCUT2D eigenvalue weighted by atomic mass is 10.1. The molecule has 0 saturated heterocycles. The maximum absolute atomic E-state index is 11.8. The second-order valence-corrected chi connectivity index (χ2v) is 5.74. The third-order valence-electron chi connectivity index (χ3n) is 2.34. The second kappa shape index (κ2) is 8.01. The molecule has 0 saturated carbocycles. The zero-order chi connectivity index (χ0) is 14.3. The van der Waals surface area contributed by atoms with Gasteiger partial charge < -0.3 is 4.74 Å². The van der Waals surface area contributed by atoms with Crippen LogP contribution in [0, 0.1) is 5.92 Å². The van der Waals surface area contributed by atoms with E-state index in [9.17, 15) is 4.79 Å². The van der Waals surface area contributed by atoms with Gasteiger partial charge in [0.05, 0.1) is 6.61 Å². The summed E-state index contributed by atoms with van der Waals surface area (Å²) in [5, 5.41) is 12.2. The van der Waals surface area contributed by atoms with Crippen LogP contribution in [0.1, 0.15) is 32.2 Å². The molecular formula is C13H21N3O2S. The van der Waals surface area contributed by atoms with Crippen LogP contribution < -0.4 is 5.32 Å². The number of hydrogen-bond acceptors (Lipinski definition) is 5. The van der Waals surface area contributed by atoms with Crippen molar-refractivity contribution in [3.05, 3.63) is 17.7 Å². The van der Waals surface area contributed by atoms with E-state index >= 15 is 0 Å². The van der Waals surface area contributed by atoms with Crippen molar-refractivity contribution < 1.29 is 9.53 Å². The van der Waals surface area contributed by atoms with Gasteiger partial charge in [0, 0.05) is 6.42 Å². The standard InChI is InChI=1S/C13H21N3O2S/c1-5-6-7-18-10(4)12(17)14-13-16-15-11(19-13)8-9(2)3/h5,9-10H,1,6-8H2,2-4H3,(H,14,16,17). The molecule has 0 radical (unpaired) electrons. The van der Waals surface area contributed by atoms with Gasteiger partial charge in [-0.3, -0.25) is 10.1 Å². The molecule has 0 bridgehead atoms. The molecule has 1 heterocycles. The summed E-state index contributed by atoms with van der Waals surface area (Å²) >= 11 is 1.41. The first-order valence-corrected chi connectivity index (χ1v) is 7.20. The number of anilines is 1. The van der Waals surface area contributed by atoms with Gasteiger partial charge in [-0.15, -0.1) is 16.8 Å². The Kier molecular flexibility index (Phi) is 6.66. The predicted octanol–water partition coefficient (Wildman–Crippen LogP) is 2.66. The van der Waals surface area contributed by atoms with Gasteiger partial charge in [0.15, 0.2) is 0 Å². The number of amides is 1. The van der Waals surface area contributed by atoms with Crippen molar-refractivity contribution in [1.29, 1.82) is 0 Å². The third-order valence-corrected chi connectivity index (χ3v) is 3.20. The van der Waals surface area contributed by atoms with E-state index in [4.69, 9.17) is 4.74 Å². The van der Waals surface area contributed by atoms with Crippen molar-refractivity contribution in [2.45, 2.75) is 39.7 Å². The molecule has 1 amide bonds. The molecule has 1 atom stereocenters. The monoisotopic (exact) mass is 283 g/mol. The molecule has 1 unspecified atom stereocenters. The summed E-state index contributed by atoms with van der Waals surface area (Å²) in [5.74, 6) is 0.328. The molecule has 1 N–H and O–H groups in total. The highest BCUT2D eigenvalue weighted by atomic mass is 32.1. The lowest BCUT2D eigenvalue weighted by molar-refractivity contribution is -0.126. The van der Waals surface area contributed by atoms with Crippen LogP contribution >= 0.6 is 11.3 Å². The Morgan fingerprint density at radius 3 is 2.84 bits per heavy atom. The zero-order valence-corrected chi connectivity index (χ0v) is 12.5. The van der Waals surface area contributed by atoms with Gasteiger partial charge in [0.25, 0.3) is 5.91 Å². The number of carbonyl (C=O) groups excluding carboxylic acids is 1. The summed E-state index contributed by atoms with van der Waals surface area (Å²) in [6.07, 6.45) is 2.86. The molecule has 0 aliphatic rings. The number of rotatable bonds is 8. The lowest BCUT2D eigenvalue weighted by Crippen LogP contribution is -2.27. The number of hydrogen-bond donors (Lipinski definition) is 1. The van der Waals surface area contributed by atoms with Crippen molar-refractivity contribution >= 4 is 22.4 Å². The summed E-state index contributed by atoms with van der Waals surface area (Å²) in [6, 6.07) is 0. The van der Waals surface area contributed by atoms with Crippen LogP contribution in [0.2, 0.25) is 0 Å². The fourth-order valence-corrected chi connectivity index (χ4v) is 2.30. The van der Waals surface area contributed by atoms with E-state index in [-0.39, 0.29) is 5.91 Å². The molecule has 19 heavy (non-hydrogen) atoms. The Morgan fingerprint density at radius 2 is 2.21 bits per heavy atom. The Balaban J connectivity index is 2.42. The molecule has 5 nitrogen and oxygen atoms in total. The van der Waals surface area contributed by atoms with Gasteiger partial charge in [-0.25, -0.2) is 0 Å². The maximum Gasteiger partial charge on any atom is 0.255 e. The highest BCUT2D eigenvalue weighted by Crippen LogP contribution is 2.18. The average Bonchev–Trinajstić information content (AvgIpc) is 2.75. The fraction of sp³-hybridized carbons (Fsp3) is 0.615. The van der Waals surface area contributed by atoms with Crippen molar-refractivity contribution in [3.63, 3.8) is 0 Å². The van der Waals surface area contributed by atoms with Crippen molar-refractivity contribution in [2.75, 3.05) is 11.9 Å². The molecule has 1 rings (SSSR count). The van der Waals surface area contributed by atoms with Crippen molar-refractivity contribution in [3.8, 4) is 0 Å². The van der Waals surface area contributed by atoms with Gasteiger partial charge in [0.1, 0.15) is 11.1 Å². The molecule has 6 heteroatoms. The molecule has 0 aliphatic carbocycles. The summed E-state index contributed by atoms with van der Waals surface area (Å²) in [4.78, 5) is 11.8. The first-order chi connectivity index (χ1) is 9.02. The van der Waals surface area contributed by atoms with E-state index in [1.165, 1.54) is 11.3 Å². The molecule has 0 aromatic carbocycles. The largest absolute Gasteiger partial charge is 0.368 e. The van der Waals surface area contributed by atoms with Crippen LogP contribution in [0.3, 0.4) is 0 Å². The molecule has 106 valence electrons. The van der Waals surface area contributed by atoms with Crippen LogP contribution in [0.5, 0.6) is 0 Å². The first kappa shape index (κ1) is 15.8. The second-order valence-electron chi connectivity index (χ2n) is 4.68. The Hall–Kier alpha value is -1.27. The van der Waals surface area contributed by atoms with Crippen molar-refractivity contribution in [2.24, 2.45) is 5.92 Å². The van der Waals surface area contributed by atoms with Gasteiger partial charge in [-0.1, -0.05) is 31.3 Å². The summed E-state index contributed by atoms with van der Waals surface area (Å²) in [5.41, 5.74) is 0. The number of nitrogens with zero attached hydrogens (tertiary/aromatic N) is 2. The maximum atomic E-state index is 11.8. The normalized spacial score (nSPS) is 12.4. The van der Waals surface area contributed by atoms with E-state index in [1.54, 1.807) is 13.0 Å². The molecular weight excluding hydrogens is 262 g/mol. The minimum atomic E-state index is -0.502. The van der Waals surface area contributed by atoms with E-state index in [2.05, 4.69) is 35.9 Å².